The van der Waals surface area contributed by atoms with E-state index in [1.807, 2.05) is 6.07 Å². The van der Waals surface area contributed by atoms with Crippen LogP contribution >= 0.6 is 11.3 Å². The Morgan fingerprint density at radius 3 is 3.05 bits per heavy atom. The second kappa shape index (κ2) is 4.96. The largest absolute Gasteiger partial charge is 0.330 e. The SMILES string of the molecule is CCC(C)(CN)c1csc(-c2ccnc3[nH]ncc23)n1. The van der Waals surface area contributed by atoms with Gasteiger partial charge in [-0.1, -0.05) is 13.8 Å². The number of aromatic nitrogens is 4. The maximum atomic E-state index is 5.91. The summed E-state index contributed by atoms with van der Waals surface area (Å²) < 4.78 is 0. The van der Waals surface area contributed by atoms with Gasteiger partial charge in [0.25, 0.3) is 0 Å². The van der Waals surface area contributed by atoms with E-state index in [0.717, 1.165) is 33.7 Å². The van der Waals surface area contributed by atoms with Crippen molar-refractivity contribution in [2.45, 2.75) is 25.7 Å². The number of H-pyrrole nitrogens is 1. The molecule has 0 radical (unpaired) electrons. The zero-order valence-electron chi connectivity index (χ0n) is 11.6. The molecule has 3 N–H and O–H groups in total. The van der Waals surface area contributed by atoms with Gasteiger partial charge in [-0.2, -0.15) is 5.10 Å². The number of nitrogens with zero attached hydrogens (tertiary/aromatic N) is 3. The Labute approximate surface area is 121 Å². The molecule has 0 saturated carbocycles. The Kier molecular flexibility index (Phi) is 3.27. The van der Waals surface area contributed by atoms with Gasteiger partial charge in [0.05, 0.1) is 11.9 Å². The van der Waals surface area contributed by atoms with Crippen molar-refractivity contribution in [1.29, 1.82) is 0 Å². The van der Waals surface area contributed by atoms with Gasteiger partial charge in [0.15, 0.2) is 5.65 Å². The molecule has 3 rings (SSSR count). The van der Waals surface area contributed by atoms with Crippen molar-refractivity contribution in [2.75, 3.05) is 6.54 Å². The number of hydrogen-bond donors (Lipinski definition) is 2. The fourth-order valence-electron chi connectivity index (χ4n) is 2.14. The van der Waals surface area contributed by atoms with Crippen LogP contribution in [0.5, 0.6) is 0 Å². The monoisotopic (exact) mass is 287 g/mol. The molecule has 3 aromatic heterocycles. The molecule has 1 atom stereocenters. The number of pyridine rings is 1. The molecule has 0 bridgehead atoms. The standard InChI is InChI=1S/C14H17N5S/c1-3-14(2,8-15)11-7-20-13(18-11)9-4-5-16-12-10(9)6-17-19-12/h4-7H,3,8,15H2,1-2H3,(H,16,17,19). The van der Waals surface area contributed by atoms with Crippen LogP contribution in [0.4, 0.5) is 0 Å². The van der Waals surface area contributed by atoms with E-state index in [1.54, 1.807) is 23.7 Å². The number of hydrogen-bond acceptors (Lipinski definition) is 5. The van der Waals surface area contributed by atoms with E-state index in [0.29, 0.717) is 6.54 Å². The molecule has 0 spiro atoms. The van der Waals surface area contributed by atoms with Crippen molar-refractivity contribution in [2.24, 2.45) is 5.73 Å². The van der Waals surface area contributed by atoms with E-state index in [4.69, 9.17) is 10.7 Å². The third-order valence-electron chi connectivity index (χ3n) is 3.94. The fourth-order valence-corrected chi connectivity index (χ4v) is 3.16. The third-order valence-corrected chi connectivity index (χ3v) is 4.81. The van der Waals surface area contributed by atoms with E-state index < -0.39 is 0 Å². The van der Waals surface area contributed by atoms with Gasteiger partial charge in [-0.3, -0.25) is 5.10 Å². The highest BCUT2D eigenvalue weighted by atomic mass is 32.1. The molecular weight excluding hydrogens is 270 g/mol. The minimum Gasteiger partial charge on any atom is -0.330 e. The summed E-state index contributed by atoms with van der Waals surface area (Å²) in [5.74, 6) is 0. The minimum atomic E-state index is -0.0582. The molecule has 0 aliphatic rings. The lowest BCUT2D eigenvalue weighted by atomic mass is 9.85. The smallest absolute Gasteiger partial charge is 0.155 e. The number of thiazole rings is 1. The van der Waals surface area contributed by atoms with Crippen LogP contribution in [0.2, 0.25) is 0 Å². The van der Waals surface area contributed by atoms with Crippen LogP contribution in [-0.4, -0.2) is 26.7 Å². The molecule has 5 nitrogen and oxygen atoms in total. The van der Waals surface area contributed by atoms with Crippen LogP contribution in [-0.2, 0) is 5.41 Å². The number of nitrogens with one attached hydrogen (secondary N) is 1. The molecule has 0 aromatic carbocycles. The summed E-state index contributed by atoms with van der Waals surface area (Å²) >= 11 is 1.64. The Bertz CT molecular complexity index is 726. The molecule has 1 unspecified atom stereocenters. The molecule has 0 saturated heterocycles. The van der Waals surface area contributed by atoms with Crippen molar-refractivity contribution in [3.05, 3.63) is 29.5 Å². The van der Waals surface area contributed by atoms with Gasteiger partial charge in [0.1, 0.15) is 5.01 Å². The Morgan fingerprint density at radius 2 is 2.30 bits per heavy atom. The number of aromatic amines is 1. The minimum absolute atomic E-state index is 0.0582. The van der Waals surface area contributed by atoms with Gasteiger partial charge in [-0.15, -0.1) is 11.3 Å². The number of nitrogens with two attached hydrogens (primary N) is 1. The highest BCUT2D eigenvalue weighted by Gasteiger charge is 2.26. The van der Waals surface area contributed by atoms with Crippen LogP contribution in [0.15, 0.2) is 23.8 Å². The number of rotatable bonds is 4. The summed E-state index contributed by atoms with van der Waals surface area (Å²) in [6.07, 6.45) is 4.55. The lowest BCUT2D eigenvalue weighted by Gasteiger charge is -2.23. The van der Waals surface area contributed by atoms with E-state index in [2.05, 4.69) is 34.4 Å². The fraction of sp³-hybridized carbons (Fsp3) is 0.357. The highest BCUT2D eigenvalue weighted by molar-refractivity contribution is 7.13. The lowest BCUT2D eigenvalue weighted by molar-refractivity contribution is 0.456. The summed E-state index contributed by atoms with van der Waals surface area (Å²) in [6.45, 7) is 4.91. The topological polar surface area (TPSA) is 80.5 Å². The van der Waals surface area contributed by atoms with Gasteiger partial charge in [-0.25, -0.2) is 9.97 Å². The molecule has 0 aliphatic carbocycles. The molecule has 3 aromatic rings. The zero-order valence-corrected chi connectivity index (χ0v) is 12.4. The van der Waals surface area contributed by atoms with E-state index in [-0.39, 0.29) is 5.41 Å². The summed E-state index contributed by atoms with van der Waals surface area (Å²) in [4.78, 5) is 9.05. The van der Waals surface area contributed by atoms with Gasteiger partial charge in [0, 0.05) is 34.5 Å². The van der Waals surface area contributed by atoms with E-state index >= 15 is 0 Å². The quantitative estimate of drug-likeness (QED) is 0.773. The van der Waals surface area contributed by atoms with Gasteiger partial charge < -0.3 is 5.73 Å². The molecule has 0 aliphatic heterocycles. The summed E-state index contributed by atoms with van der Waals surface area (Å²) in [6, 6.07) is 1.98. The van der Waals surface area contributed by atoms with Crippen LogP contribution in [0.25, 0.3) is 21.6 Å². The maximum absolute atomic E-state index is 5.91. The first-order valence-corrected chi connectivity index (χ1v) is 7.50. The van der Waals surface area contributed by atoms with Gasteiger partial charge >= 0.3 is 0 Å². The predicted molar refractivity (Wildman–Crippen MR) is 81.7 cm³/mol. The summed E-state index contributed by atoms with van der Waals surface area (Å²) in [5.41, 5.74) is 8.77. The van der Waals surface area contributed by atoms with Crippen LogP contribution in [0, 0.1) is 0 Å². The third kappa shape index (κ3) is 2.01. The average Bonchev–Trinajstić information content (AvgIpc) is 3.14. The van der Waals surface area contributed by atoms with Crippen molar-refractivity contribution in [3.63, 3.8) is 0 Å². The van der Waals surface area contributed by atoms with Gasteiger partial charge in [0.2, 0.25) is 0 Å². The van der Waals surface area contributed by atoms with Crippen molar-refractivity contribution in [3.8, 4) is 10.6 Å². The molecular formula is C14H17N5S. The Morgan fingerprint density at radius 1 is 1.45 bits per heavy atom. The first-order valence-electron chi connectivity index (χ1n) is 6.62. The first-order chi connectivity index (χ1) is 9.68. The summed E-state index contributed by atoms with van der Waals surface area (Å²) in [7, 11) is 0. The van der Waals surface area contributed by atoms with E-state index in [1.165, 1.54) is 0 Å². The second-order valence-electron chi connectivity index (χ2n) is 5.15. The number of fused-ring (bicyclic) bond motifs is 1. The van der Waals surface area contributed by atoms with Crippen molar-refractivity contribution >= 4 is 22.4 Å². The lowest BCUT2D eigenvalue weighted by Crippen LogP contribution is -2.31. The zero-order chi connectivity index (χ0) is 14.2. The second-order valence-corrected chi connectivity index (χ2v) is 6.01. The highest BCUT2D eigenvalue weighted by Crippen LogP contribution is 2.33. The van der Waals surface area contributed by atoms with Crippen molar-refractivity contribution < 1.29 is 0 Å². The summed E-state index contributed by atoms with van der Waals surface area (Å²) in [5, 5.41) is 11.0. The molecule has 0 amide bonds. The van der Waals surface area contributed by atoms with Crippen LogP contribution in [0.1, 0.15) is 26.0 Å². The van der Waals surface area contributed by atoms with Crippen LogP contribution < -0.4 is 5.73 Å². The normalized spacial score (nSPS) is 14.6. The molecule has 3 heterocycles. The molecule has 20 heavy (non-hydrogen) atoms. The van der Waals surface area contributed by atoms with Crippen LogP contribution in [0.3, 0.4) is 0 Å². The van der Waals surface area contributed by atoms with E-state index in [9.17, 15) is 0 Å². The maximum Gasteiger partial charge on any atom is 0.155 e. The Balaban J connectivity index is 2.08. The average molecular weight is 287 g/mol. The molecule has 104 valence electrons. The predicted octanol–water partition coefficient (Wildman–Crippen LogP) is 2.71. The first kappa shape index (κ1) is 13.2. The molecule has 0 fully saturated rings. The Hall–Kier alpha value is -1.79. The molecule has 6 heteroatoms. The van der Waals surface area contributed by atoms with Crippen molar-refractivity contribution in [1.82, 2.24) is 20.2 Å². The van der Waals surface area contributed by atoms with Gasteiger partial charge in [-0.05, 0) is 12.5 Å².